The van der Waals surface area contributed by atoms with E-state index in [2.05, 4.69) is 0 Å². The summed E-state index contributed by atoms with van der Waals surface area (Å²) in [7, 11) is 0. The van der Waals surface area contributed by atoms with Crippen molar-refractivity contribution < 1.29 is 14.9 Å². The van der Waals surface area contributed by atoms with E-state index in [9.17, 15) is 0 Å². The third-order valence-corrected chi connectivity index (χ3v) is 0. The zero-order valence-electron chi connectivity index (χ0n) is 1.96. The molecule has 0 bridgehead atoms. The fourth-order valence-corrected chi connectivity index (χ4v) is 0. The first-order valence-electron chi connectivity index (χ1n) is 0. The van der Waals surface area contributed by atoms with Gasteiger partial charge in [0.2, 0.25) is 0 Å². The minimum absolute atomic E-state index is 0. The van der Waals surface area contributed by atoms with Crippen LogP contribution in [-0.4, -0.2) is 28.5 Å². The van der Waals surface area contributed by atoms with Crippen molar-refractivity contribution in [1.29, 1.82) is 0 Å². The molecule has 2 N–H and O–H groups in total. The molecule has 0 unspecified atom stereocenters. The largest absolute Gasteiger partial charge is 2.00 e. The first kappa shape index (κ1) is 172. The maximum Gasteiger partial charge on any atom is 2.00 e. The third kappa shape index (κ3) is 18.9. The third-order valence-electron chi connectivity index (χ3n) is 0. The molecule has 4 heteroatoms. The Bertz CT molecular complexity index is 6.00. The van der Waals surface area contributed by atoms with E-state index in [0.717, 1.165) is 0 Å². The second kappa shape index (κ2) is 69.8. The fourth-order valence-electron chi connectivity index (χ4n) is 0. The zero-order chi connectivity index (χ0) is 0. The molecule has 0 rings (SSSR count). The molecule has 0 aliphatic carbocycles. The van der Waals surface area contributed by atoms with Gasteiger partial charge in [-0.15, -0.1) is 0 Å². The first-order valence-corrected chi connectivity index (χ1v) is 0. The van der Waals surface area contributed by atoms with E-state index in [-0.39, 0.29) is 37.9 Å². The van der Waals surface area contributed by atoms with E-state index in [4.69, 9.17) is 0 Å². The Balaban J connectivity index is 0. The molecule has 0 saturated heterocycles. The van der Waals surface area contributed by atoms with E-state index in [1.807, 2.05) is 0 Å². The smallest absolute Gasteiger partial charge is 1.00 e. The van der Waals surface area contributed by atoms with Crippen molar-refractivity contribution in [2.75, 3.05) is 0 Å². The molecule has 0 aromatic heterocycles. The average Bonchev–Trinajstić information content (AvgIpc) is 0. The van der Waals surface area contributed by atoms with Crippen LogP contribution in [0.25, 0.3) is 0 Å². The van der Waals surface area contributed by atoms with Gasteiger partial charge >= 0.3 is 23.1 Å². The molecule has 0 aliphatic rings. The molecule has 0 saturated carbocycles. The summed E-state index contributed by atoms with van der Waals surface area (Å²) >= 11 is 0. The normalized spacial score (nSPS) is 0. The van der Waals surface area contributed by atoms with E-state index in [1.54, 1.807) is 0 Å². The Kier molecular flexibility index (Phi) is 2990. The summed E-state index contributed by atoms with van der Waals surface area (Å²) in [5.41, 5.74) is 0. The summed E-state index contributed by atoms with van der Waals surface area (Å²) in [6.07, 6.45) is 0. The molecule has 0 aromatic carbocycles. The second-order valence-corrected chi connectivity index (χ2v) is 0. The monoisotopic (exact) mass is 80.0 g/mol. The van der Waals surface area contributed by atoms with Crippen LogP contribution in [0.3, 0.4) is 0 Å². The molecular formula is H2F2MgO. The van der Waals surface area contributed by atoms with Crippen molar-refractivity contribution in [2.45, 2.75) is 0 Å². The van der Waals surface area contributed by atoms with Crippen molar-refractivity contribution >= 4 is 23.1 Å². The average molecular weight is 80.3 g/mol. The minimum atomic E-state index is 0. The van der Waals surface area contributed by atoms with Gasteiger partial charge in [0.05, 0.1) is 0 Å². The van der Waals surface area contributed by atoms with Gasteiger partial charge in [0, 0.05) is 0 Å². The summed E-state index contributed by atoms with van der Waals surface area (Å²) in [4.78, 5) is 0. The van der Waals surface area contributed by atoms with E-state index in [1.165, 1.54) is 0 Å². The van der Waals surface area contributed by atoms with Gasteiger partial charge in [0.25, 0.3) is 0 Å². The molecule has 0 atom stereocenters. The molecule has 24 valence electrons. The maximum absolute atomic E-state index is 0. The fraction of sp³-hybridized carbons (Fsp3) is 0. The quantitative estimate of drug-likeness (QED) is 0.259. The Hall–Kier alpha value is 0.586. The number of hydrogen-bond donors (Lipinski definition) is 0. The number of halogens is 2. The molecule has 0 aromatic rings. The molecule has 0 aliphatic heterocycles. The van der Waals surface area contributed by atoms with E-state index in [0.29, 0.717) is 0 Å². The molecular weight excluding hydrogens is 78.3 g/mol. The van der Waals surface area contributed by atoms with Gasteiger partial charge in [-0.1, -0.05) is 0 Å². The summed E-state index contributed by atoms with van der Waals surface area (Å²) in [6, 6.07) is 0. The molecule has 0 heterocycles. The predicted octanol–water partition coefficient (Wildman–Crippen LogP) is -7.20. The summed E-state index contributed by atoms with van der Waals surface area (Å²) < 4.78 is 0. The van der Waals surface area contributed by atoms with Crippen molar-refractivity contribution in [1.82, 2.24) is 0 Å². The zero-order valence-corrected chi connectivity index (χ0v) is 3.38. The SMILES string of the molecule is O.[F-].[F-].[Mg+2]. The Labute approximate surface area is 38.6 Å². The van der Waals surface area contributed by atoms with Crippen molar-refractivity contribution in [3.05, 3.63) is 0 Å². The van der Waals surface area contributed by atoms with Crippen LogP contribution in [0.2, 0.25) is 0 Å². The van der Waals surface area contributed by atoms with Crippen LogP contribution in [-0.2, 0) is 0 Å². The molecule has 0 amide bonds. The van der Waals surface area contributed by atoms with Gasteiger partial charge in [0.15, 0.2) is 0 Å². The van der Waals surface area contributed by atoms with Crippen molar-refractivity contribution in [3.63, 3.8) is 0 Å². The summed E-state index contributed by atoms with van der Waals surface area (Å²) in [5.74, 6) is 0. The van der Waals surface area contributed by atoms with Crippen LogP contribution in [0.5, 0.6) is 0 Å². The van der Waals surface area contributed by atoms with Crippen molar-refractivity contribution in [3.8, 4) is 0 Å². The maximum atomic E-state index is 0. The molecule has 0 fully saturated rings. The van der Waals surface area contributed by atoms with Gasteiger partial charge < -0.3 is 14.9 Å². The van der Waals surface area contributed by atoms with Crippen LogP contribution in [0.4, 0.5) is 0 Å². The van der Waals surface area contributed by atoms with Crippen LogP contribution in [0.15, 0.2) is 0 Å². The van der Waals surface area contributed by atoms with Crippen LogP contribution < -0.4 is 9.41 Å². The van der Waals surface area contributed by atoms with Gasteiger partial charge in [-0.25, -0.2) is 0 Å². The van der Waals surface area contributed by atoms with Crippen LogP contribution in [0.1, 0.15) is 0 Å². The van der Waals surface area contributed by atoms with Crippen molar-refractivity contribution in [2.24, 2.45) is 0 Å². The van der Waals surface area contributed by atoms with Gasteiger partial charge in [0.1, 0.15) is 0 Å². The first-order chi connectivity index (χ1) is 0. The minimum Gasteiger partial charge on any atom is -1.00 e. The number of rotatable bonds is 0. The summed E-state index contributed by atoms with van der Waals surface area (Å²) in [6.45, 7) is 0. The van der Waals surface area contributed by atoms with E-state index >= 15 is 0 Å². The second-order valence-electron chi connectivity index (χ2n) is 0. The molecule has 4 heavy (non-hydrogen) atoms. The predicted molar refractivity (Wildman–Crippen MR) is 9.37 cm³/mol. The van der Waals surface area contributed by atoms with Gasteiger partial charge in [-0.3, -0.25) is 0 Å². The van der Waals surface area contributed by atoms with Gasteiger partial charge in [-0.05, 0) is 0 Å². The van der Waals surface area contributed by atoms with Crippen LogP contribution in [0, 0.1) is 0 Å². The molecule has 0 spiro atoms. The van der Waals surface area contributed by atoms with E-state index < -0.39 is 0 Å². The standard InChI is InChI=1S/2FH.Mg.H2O/h2*1H;;1H2/q;;+2;/p-2. The van der Waals surface area contributed by atoms with Gasteiger partial charge in [-0.2, -0.15) is 0 Å². The molecule has 0 radical (unpaired) electrons. The summed E-state index contributed by atoms with van der Waals surface area (Å²) in [5, 5.41) is 0. The Morgan fingerprint density at radius 1 is 0.750 bits per heavy atom. The Morgan fingerprint density at radius 3 is 0.750 bits per heavy atom. The Morgan fingerprint density at radius 2 is 0.750 bits per heavy atom. The number of hydrogen-bond acceptors (Lipinski definition) is 0. The molecule has 1 nitrogen and oxygen atoms in total. The van der Waals surface area contributed by atoms with Crippen LogP contribution >= 0.6 is 0 Å². The topological polar surface area (TPSA) is 31.5 Å².